The molecule has 0 bridgehead atoms. The van der Waals surface area contributed by atoms with Crippen LogP contribution in [0.3, 0.4) is 0 Å². The molecule has 0 aliphatic carbocycles. The number of likely N-dealkylation sites (N-methyl/N-ethyl adjacent to an activating group) is 1. The Morgan fingerprint density at radius 2 is 2.22 bits per heavy atom. The Bertz CT molecular complexity index is 378. The lowest BCUT2D eigenvalue weighted by Crippen LogP contribution is -2.31. The molecule has 0 aromatic carbocycles. The van der Waals surface area contributed by atoms with Gasteiger partial charge < -0.3 is 14.7 Å². The number of aromatic amines is 1. The highest BCUT2D eigenvalue weighted by Crippen LogP contribution is 2.08. The molecule has 0 saturated carbocycles. The number of aliphatic hydroxyl groups is 1. The minimum atomic E-state index is -0.245. The highest BCUT2D eigenvalue weighted by atomic mass is 16.5. The van der Waals surface area contributed by atoms with E-state index in [2.05, 4.69) is 15.2 Å². The first-order valence-electron chi connectivity index (χ1n) is 5.92. The van der Waals surface area contributed by atoms with Crippen LogP contribution in [-0.2, 0) is 4.74 Å². The lowest BCUT2D eigenvalue weighted by molar-refractivity contribution is 0.0610. The summed E-state index contributed by atoms with van der Waals surface area (Å²) in [6.45, 7) is 5.02. The SMILES string of the molecule is CC(C)c1nc(C(=O)N(C)CCOCCO)n[nH]1. The van der Waals surface area contributed by atoms with Crippen molar-refractivity contribution in [3.05, 3.63) is 11.6 Å². The third-order valence-corrected chi connectivity index (χ3v) is 2.39. The van der Waals surface area contributed by atoms with Gasteiger partial charge in [-0.2, -0.15) is 0 Å². The Hall–Kier alpha value is -1.47. The largest absolute Gasteiger partial charge is 0.394 e. The number of hydrogen-bond acceptors (Lipinski definition) is 5. The van der Waals surface area contributed by atoms with Gasteiger partial charge in [-0.15, -0.1) is 5.10 Å². The average molecular weight is 256 g/mol. The van der Waals surface area contributed by atoms with E-state index in [-0.39, 0.29) is 30.9 Å². The van der Waals surface area contributed by atoms with Gasteiger partial charge in [0.1, 0.15) is 5.82 Å². The van der Waals surface area contributed by atoms with Crippen LogP contribution < -0.4 is 0 Å². The molecule has 2 N–H and O–H groups in total. The van der Waals surface area contributed by atoms with Gasteiger partial charge in [0.15, 0.2) is 0 Å². The summed E-state index contributed by atoms with van der Waals surface area (Å²) in [7, 11) is 1.66. The van der Waals surface area contributed by atoms with Gasteiger partial charge in [0.25, 0.3) is 5.91 Å². The zero-order chi connectivity index (χ0) is 13.5. The zero-order valence-corrected chi connectivity index (χ0v) is 11.0. The maximum Gasteiger partial charge on any atom is 0.293 e. The topological polar surface area (TPSA) is 91.3 Å². The summed E-state index contributed by atoms with van der Waals surface area (Å²) in [6, 6.07) is 0. The van der Waals surface area contributed by atoms with Crippen molar-refractivity contribution in [1.29, 1.82) is 0 Å². The summed E-state index contributed by atoms with van der Waals surface area (Å²) in [5, 5.41) is 15.2. The lowest BCUT2D eigenvalue weighted by atomic mass is 10.2. The lowest BCUT2D eigenvalue weighted by Gasteiger charge is -2.14. The van der Waals surface area contributed by atoms with Crippen molar-refractivity contribution in [2.45, 2.75) is 19.8 Å². The number of carbonyl (C=O) groups is 1. The second kappa shape index (κ2) is 7.07. The fourth-order valence-corrected chi connectivity index (χ4v) is 1.27. The number of nitrogens with one attached hydrogen (secondary N) is 1. The molecule has 1 heterocycles. The van der Waals surface area contributed by atoms with E-state index in [4.69, 9.17) is 9.84 Å². The fourth-order valence-electron chi connectivity index (χ4n) is 1.27. The van der Waals surface area contributed by atoms with E-state index in [0.717, 1.165) is 0 Å². The van der Waals surface area contributed by atoms with Gasteiger partial charge >= 0.3 is 0 Å². The number of amides is 1. The normalized spacial score (nSPS) is 10.9. The highest BCUT2D eigenvalue weighted by Gasteiger charge is 2.17. The molecule has 7 nitrogen and oxygen atoms in total. The van der Waals surface area contributed by atoms with Gasteiger partial charge in [-0.05, 0) is 0 Å². The molecule has 1 aromatic rings. The number of ether oxygens (including phenoxy) is 1. The van der Waals surface area contributed by atoms with Gasteiger partial charge in [-0.1, -0.05) is 13.8 Å². The number of hydrogen-bond donors (Lipinski definition) is 2. The smallest absolute Gasteiger partial charge is 0.293 e. The number of rotatable bonds is 7. The van der Waals surface area contributed by atoms with Crippen LogP contribution in [0.25, 0.3) is 0 Å². The molecule has 7 heteroatoms. The van der Waals surface area contributed by atoms with E-state index in [1.54, 1.807) is 7.05 Å². The third kappa shape index (κ3) is 4.08. The first kappa shape index (κ1) is 14.6. The van der Waals surface area contributed by atoms with Crippen LogP contribution in [0.1, 0.15) is 36.2 Å². The molecular formula is C11H20N4O3. The van der Waals surface area contributed by atoms with Crippen molar-refractivity contribution in [2.75, 3.05) is 33.4 Å². The summed E-state index contributed by atoms with van der Waals surface area (Å²) in [4.78, 5) is 17.5. The maximum atomic E-state index is 11.9. The number of nitrogens with zero attached hydrogens (tertiary/aromatic N) is 3. The summed E-state index contributed by atoms with van der Waals surface area (Å²) in [6.07, 6.45) is 0. The van der Waals surface area contributed by atoms with Gasteiger partial charge in [0.05, 0.1) is 19.8 Å². The Balaban J connectivity index is 2.47. The first-order valence-corrected chi connectivity index (χ1v) is 5.92. The van der Waals surface area contributed by atoms with Crippen LogP contribution in [0.2, 0.25) is 0 Å². The molecule has 1 amide bonds. The highest BCUT2D eigenvalue weighted by molar-refractivity contribution is 5.90. The molecule has 102 valence electrons. The van der Waals surface area contributed by atoms with Gasteiger partial charge in [-0.25, -0.2) is 4.98 Å². The van der Waals surface area contributed by atoms with E-state index in [0.29, 0.717) is 19.0 Å². The molecule has 1 aromatic heterocycles. The predicted octanol–water partition coefficient (Wildman–Crippen LogP) is 0.00900. The van der Waals surface area contributed by atoms with Gasteiger partial charge in [0.2, 0.25) is 5.82 Å². The molecule has 0 saturated heterocycles. The zero-order valence-electron chi connectivity index (χ0n) is 11.0. The van der Waals surface area contributed by atoms with E-state index in [1.807, 2.05) is 13.8 Å². The van der Waals surface area contributed by atoms with Crippen LogP contribution in [-0.4, -0.2) is 64.5 Å². The van der Waals surface area contributed by atoms with Crippen molar-refractivity contribution in [3.8, 4) is 0 Å². The summed E-state index contributed by atoms with van der Waals surface area (Å²) in [5.41, 5.74) is 0. The maximum absolute atomic E-state index is 11.9. The van der Waals surface area contributed by atoms with Crippen molar-refractivity contribution in [2.24, 2.45) is 0 Å². The van der Waals surface area contributed by atoms with Crippen molar-refractivity contribution >= 4 is 5.91 Å². The molecule has 0 aliphatic heterocycles. The summed E-state index contributed by atoms with van der Waals surface area (Å²) in [5.74, 6) is 0.828. The molecule has 0 spiro atoms. The molecule has 18 heavy (non-hydrogen) atoms. The molecule has 0 unspecified atom stereocenters. The Morgan fingerprint density at radius 3 is 2.78 bits per heavy atom. The van der Waals surface area contributed by atoms with E-state index in [1.165, 1.54) is 4.90 Å². The molecular weight excluding hydrogens is 236 g/mol. The van der Waals surface area contributed by atoms with Crippen LogP contribution in [0.4, 0.5) is 0 Å². The molecule has 0 atom stereocenters. The van der Waals surface area contributed by atoms with Crippen molar-refractivity contribution in [3.63, 3.8) is 0 Å². The van der Waals surface area contributed by atoms with Crippen molar-refractivity contribution < 1.29 is 14.6 Å². The second-order valence-corrected chi connectivity index (χ2v) is 4.26. The number of carbonyl (C=O) groups excluding carboxylic acids is 1. The number of aromatic nitrogens is 3. The van der Waals surface area contributed by atoms with E-state index < -0.39 is 0 Å². The van der Waals surface area contributed by atoms with Crippen molar-refractivity contribution in [1.82, 2.24) is 20.1 Å². The minimum Gasteiger partial charge on any atom is -0.394 e. The Labute approximate surface area is 106 Å². The fraction of sp³-hybridized carbons (Fsp3) is 0.727. The monoisotopic (exact) mass is 256 g/mol. The molecule has 1 rings (SSSR count). The van der Waals surface area contributed by atoms with E-state index >= 15 is 0 Å². The van der Waals surface area contributed by atoms with Crippen LogP contribution >= 0.6 is 0 Å². The van der Waals surface area contributed by atoms with Gasteiger partial charge in [0, 0.05) is 19.5 Å². The molecule has 0 radical (unpaired) electrons. The molecule has 0 aliphatic rings. The van der Waals surface area contributed by atoms with Gasteiger partial charge in [-0.3, -0.25) is 9.89 Å². The van der Waals surface area contributed by atoms with Crippen LogP contribution in [0, 0.1) is 0 Å². The number of aliphatic hydroxyl groups excluding tert-OH is 1. The predicted molar refractivity (Wildman–Crippen MR) is 65.3 cm³/mol. The Morgan fingerprint density at radius 1 is 1.50 bits per heavy atom. The Kier molecular flexibility index (Phi) is 5.73. The number of H-pyrrole nitrogens is 1. The van der Waals surface area contributed by atoms with E-state index in [9.17, 15) is 4.79 Å². The first-order chi connectivity index (χ1) is 8.56. The second-order valence-electron chi connectivity index (χ2n) is 4.26. The quantitative estimate of drug-likeness (QED) is 0.670. The van der Waals surface area contributed by atoms with Crippen LogP contribution in [0.15, 0.2) is 0 Å². The third-order valence-electron chi connectivity index (χ3n) is 2.39. The summed E-state index contributed by atoms with van der Waals surface area (Å²) < 4.78 is 5.09. The molecule has 0 fully saturated rings. The average Bonchev–Trinajstić information content (AvgIpc) is 2.83. The minimum absolute atomic E-state index is 0.0175. The standard InChI is InChI=1S/C11H20N4O3/c1-8(2)9-12-10(14-13-9)11(17)15(3)4-6-18-7-5-16/h8,16H,4-7H2,1-3H3,(H,12,13,14). The van der Waals surface area contributed by atoms with Crippen LogP contribution in [0.5, 0.6) is 0 Å². The summed E-state index contributed by atoms with van der Waals surface area (Å²) >= 11 is 0.